The Hall–Kier alpha value is -3.84. The van der Waals surface area contributed by atoms with Gasteiger partial charge in [0.2, 0.25) is 11.8 Å². The van der Waals surface area contributed by atoms with Crippen molar-refractivity contribution in [2.24, 2.45) is 0 Å². The van der Waals surface area contributed by atoms with Crippen LogP contribution in [0.4, 0.5) is 0 Å². The van der Waals surface area contributed by atoms with Crippen molar-refractivity contribution in [1.29, 1.82) is 0 Å². The van der Waals surface area contributed by atoms with E-state index in [1.165, 1.54) is 0 Å². The molecule has 0 fully saturated rings. The second kappa shape index (κ2) is 10.9. The van der Waals surface area contributed by atoms with Gasteiger partial charge in [-0.3, -0.25) is 4.79 Å². The van der Waals surface area contributed by atoms with Gasteiger partial charge in [-0.2, -0.15) is 0 Å². The van der Waals surface area contributed by atoms with E-state index in [1.54, 1.807) is 24.3 Å². The minimum absolute atomic E-state index is 0.219. The summed E-state index contributed by atoms with van der Waals surface area (Å²) in [6, 6.07) is 20.9. The topological polar surface area (TPSA) is 86.5 Å². The number of halogens is 1. The van der Waals surface area contributed by atoms with Crippen molar-refractivity contribution in [1.82, 2.24) is 15.5 Å². The van der Waals surface area contributed by atoms with Crippen molar-refractivity contribution in [3.05, 3.63) is 94.8 Å². The highest BCUT2D eigenvalue weighted by atomic mass is 35.5. The molecule has 7 nitrogen and oxygen atoms in total. The summed E-state index contributed by atoms with van der Waals surface area (Å²) in [4.78, 5) is 13.3. The van der Waals surface area contributed by atoms with Gasteiger partial charge in [0.1, 0.15) is 6.04 Å². The van der Waals surface area contributed by atoms with Gasteiger partial charge in [0, 0.05) is 21.7 Å². The molecule has 0 radical (unpaired) electrons. The number of hydrogen-bond donors (Lipinski definition) is 1. The summed E-state index contributed by atoms with van der Waals surface area (Å²) < 4.78 is 17.2. The average Bonchev–Trinajstić information content (AvgIpc) is 3.35. The van der Waals surface area contributed by atoms with Crippen LogP contribution in [0.2, 0.25) is 5.02 Å². The number of nitrogens with zero attached hydrogens (tertiary/aromatic N) is 2. The fourth-order valence-electron chi connectivity index (χ4n) is 3.44. The van der Waals surface area contributed by atoms with Crippen LogP contribution < -0.4 is 14.8 Å². The third-order valence-electron chi connectivity index (χ3n) is 5.01. The molecule has 34 heavy (non-hydrogen) atoms. The number of ether oxygens (including phenoxy) is 2. The van der Waals surface area contributed by atoms with Crippen molar-refractivity contribution >= 4 is 17.5 Å². The van der Waals surface area contributed by atoms with Gasteiger partial charge in [-0.15, -0.1) is 10.2 Å². The standard InChI is InChI=1S/C26H24ClN3O4/c1-3-32-21-15-14-18(16-22(21)33-4-2)24(31)28-23(19-12-8-9-13-20(19)27)26-30-29-25(34-26)17-10-6-5-7-11-17/h5-16,23H,3-4H2,1-2H3,(H,28,31)/t23-/m1/s1. The summed E-state index contributed by atoms with van der Waals surface area (Å²) in [6.07, 6.45) is 0. The van der Waals surface area contributed by atoms with Gasteiger partial charge in [-0.05, 0) is 50.2 Å². The summed E-state index contributed by atoms with van der Waals surface area (Å²) in [6.45, 7) is 4.69. The summed E-state index contributed by atoms with van der Waals surface area (Å²) in [5.74, 6) is 1.29. The van der Waals surface area contributed by atoms with E-state index in [-0.39, 0.29) is 11.8 Å². The van der Waals surface area contributed by atoms with Gasteiger partial charge in [0.15, 0.2) is 11.5 Å². The summed E-state index contributed by atoms with van der Waals surface area (Å²) in [7, 11) is 0. The Bertz CT molecular complexity index is 1260. The monoisotopic (exact) mass is 477 g/mol. The Labute approximate surface area is 202 Å². The maximum absolute atomic E-state index is 13.3. The molecule has 0 aliphatic heterocycles. The van der Waals surface area contributed by atoms with Crippen molar-refractivity contribution in [2.75, 3.05) is 13.2 Å². The number of rotatable bonds is 9. The fraction of sp³-hybridized carbons (Fsp3) is 0.192. The number of amides is 1. The second-order valence-corrected chi connectivity index (χ2v) is 7.67. The lowest BCUT2D eigenvalue weighted by Crippen LogP contribution is -2.30. The lowest BCUT2D eigenvalue weighted by atomic mass is 10.1. The molecule has 1 N–H and O–H groups in total. The zero-order chi connectivity index (χ0) is 23.9. The lowest BCUT2D eigenvalue weighted by Gasteiger charge is -2.18. The summed E-state index contributed by atoms with van der Waals surface area (Å²) >= 11 is 6.47. The Morgan fingerprint density at radius 3 is 2.38 bits per heavy atom. The summed E-state index contributed by atoms with van der Waals surface area (Å²) in [5.41, 5.74) is 1.81. The van der Waals surface area contributed by atoms with E-state index in [2.05, 4.69) is 15.5 Å². The lowest BCUT2D eigenvalue weighted by molar-refractivity contribution is 0.0937. The number of carbonyl (C=O) groups excluding carboxylic acids is 1. The van der Waals surface area contributed by atoms with E-state index >= 15 is 0 Å². The van der Waals surface area contributed by atoms with E-state index in [9.17, 15) is 4.79 Å². The Morgan fingerprint density at radius 1 is 0.941 bits per heavy atom. The molecule has 1 aromatic heterocycles. The molecule has 0 aliphatic carbocycles. The van der Waals surface area contributed by atoms with Gasteiger partial charge >= 0.3 is 0 Å². The molecule has 4 aromatic rings. The molecule has 0 bridgehead atoms. The molecule has 1 heterocycles. The first-order chi connectivity index (χ1) is 16.6. The largest absolute Gasteiger partial charge is 0.490 e. The van der Waals surface area contributed by atoms with E-state index in [1.807, 2.05) is 62.4 Å². The predicted molar refractivity (Wildman–Crippen MR) is 129 cm³/mol. The minimum atomic E-state index is -0.756. The quantitative estimate of drug-likeness (QED) is 0.332. The average molecular weight is 478 g/mol. The molecule has 8 heteroatoms. The van der Waals surface area contributed by atoms with Crippen molar-refractivity contribution in [2.45, 2.75) is 19.9 Å². The molecule has 0 spiro atoms. The highest BCUT2D eigenvalue weighted by Gasteiger charge is 2.26. The zero-order valence-electron chi connectivity index (χ0n) is 18.8. The highest BCUT2D eigenvalue weighted by molar-refractivity contribution is 6.31. The molecule has 174 valence electrons. The maximum atomic E-state index is 13.3. The van der Waals surface area contributed by atoms with Gasteiger partial charge in [-0.25, -0.2) is 0 Å². The predicted octanol–water partition coefficient (Wildman–Crippen LogP) is 5.71. The van der Waals surface area contributed by atoms with Crippen LogP contribution in [-0.2, 0) is 0 Å². The molecular formula is C26H24ClN3O4. The zero-order valence-corrected chi connectivity index (χ0v) is 19.6. The van der Waals surface area contributed by atoms with Gasteiger partial charge in [-0.1, -0.05) is 48.0 Å². The van der Waals surface area contributed by atoms with Gasteiger partial charge in [0.05, 0.1) is 13.2 Å². The van der Waals surface area contributed by atoms with Gasteiger partial charge in [0.25, 0.3) is 5.91 Å². The first-order valence-corrected chi connectivity index (χ1v) is 11.3. The molecule has 1 amide bonds. The van der Waals surface area contributed by atoms with Crippen LogP contribution in [0, 0.1) is 0 Å². The molecule has 4 rings (SSSR count). The first kappa shape index (κ1) is 23.3. The van der Waals surface area contributed by atoms with Crippen LogP contribution in [0.5, 0.6) is 11.5 Å². The Morgan fingerprint density at radius 2 is 1.65 bits per heavy atom. The van der Waals surface area contributed by atoms with Crippen LogP contribution in [0.3, 0.4) is 0 Å². The minimum Gasteiger partial charge on any atom is -0.490 e. The van der Waals surface area contributed by atoms with Crippen LogP contribution in [0.1, 0.15) is 41.7 Å². The normalized spacial score (nSPS) is 11.6. The van der Waals surface area contributed by atoms with Crippen LogP contribution >= 0.6 is 11.6 Å². The maximum Gasteiger partial charge on any atom is 0.252 e. The smallest absolute Gasteiger partial charge is 0.252 e. The SMILES string of the molecule is CCOc1ccc(C(=O)N[C@@H](c2nnc(-c3ccccc3)o2)c2ccccc2Cl)cc1OCC. The van der Waals surface area contributed by atoms with Crippen LogP contribution in [0.15, 0.2) is 77.2 Å². The van der Waals surface area contributed by atoms with Gasteiger partial charge < -0.3 is 19.2 Å². The van der Waals surface area contributed by atoms with Crippen molar-refractivity contribution in [3.63, 3.8) is 0 Å². The first-order valence-electron chi connectivity index (χ1n) is 10.9. The molecule has 3 aromatic carbocycles. The molecule has 0 unspecified atom stereocenters. The third kappa shape index (κ3) is 5.21. The van der Waals surface area contributed by atoms with Crippen molar-refractivity contribution in [3.8, 4) is 23.0 Å². The number of nitrogens with one attached hydrogen (secondary N) is 1. The molecule has 0 saturated heterocycles. The molecular weight excluding hydrogens is 454 g/mol. The van der Waals surface area contributed by atoms with Crippen LogP contribution in [-0.4, -0.2) is 29.3 Å². The van der Waals surface area contributed by atoms with Crippen molar-refractivity contribution < 1.29 is 18.7 Å². The number of aromatic nitrogens is 2. The van der Waals surface area contributed by atoms with E-state index in [0.717, 1.165) is 5.56 Å². The number of benzene rings is 3. The molecule has 1 atom stereocenters. The van der Waals surface area contributed by atoms with E-state index in [4.69, 9.17) is 25.5 Å². The highest BCUT2D eigenvalue weighted by Crippen LogP contribution is 2.31. The van der Waals surface area contributed by atoms with Crippen LogP contribution in [0.25, 0.3) is 11.5 Å². The number of hydrogen-bond acceptors (Lipinski definition) is 6. The molecule has 0 aliphatic rings. The fourth-order valence-corrected chi connectivity index (χ4v) is 3.68. The third-order valence-corrected chi connectivity index (χ3v) is 5.35. The second-order valence-electron chi connectivity index (χ2n) is 7.27. The number of carbonyl (C=O) groups is 1. The summed E-state index contributed by atoms with van der Waals surface area (Å²) in [5, 5.41) is 11.8. The Kier molecular flexibility index (Phi) is 7.44. The van der Waals surface area contributed by atoms with E-state index < -0.39 is 6.04 Å². The van der Waals surface area contributed by atoms with E-state index in [0.29, 0.717) is 46.8 Å². The molecule has 0 saturated carbocycles. The Balaban J connectivity index is 1.67.